The van der Waals surface area contributed by atoms with Crippen molar-refractivity contribution in [1.29, 1.82) is 0 Å². The van der Waals surface area contributed by atoms with E-state index in [1.807, 2.05) is 31.3 Å². The Morgan fingerprint density at radius 3 is 2.94 bits per heavy atom. The zero-order valence-electron chi connectivity index (χ0n) is 10.1. The van der Waals surface area contributed by atoms with Gasteiger partial charge in [0, 0.05) is 19.3 Å². The molecule has 2 nitrogen and oxygen atoms in total. The second-order valence-corrected chi connectivity index (χ2v) is 3.61. The molecule has 0 amide bonds. The lowest BCUT2D eigenvalue weighted by molar-refractivity contribution is 0.727. The number of hydrogen-bond donors (Lipinski definition) is 1. The molecule has 0 saturated carbocycles. The Kier molecular flexibility index (Phi) is 6.19. The molecule has 0 aliphatic heterocycles. The molecule has 0 saturated heterocycles. The van der Waals surface area contributed by atoms with Crippen LogP contribution < -0.4 is 5.32 Å². The van der Waals surface area contributed by atoms with Crippen LogP contribution in [0.4, 0.5) is 0 Å². The highest BCUT2D eigenvalue weighted by Gasteiger charge is 1.94. The van der Waals surface area contributed by atoms with Crippen molar-refractivity contribution >= 4 is 0 Å². The fraction of sp³-hybridized carbons (Fsp3) is 0.357. The first-order chi connectivity index (χ1) is 7.86. The minimum Gasteiger partial charge on any atom is -0.307 e. The van der Waals surface area contributed by atoms with Crippen molar-refractivity contribution < 1.29 is 0 Å². The Balaban J connectivity index is 2.37. The minimum atomic E-state index is 0.819. The van der Waals surface area contributed by atoms with Crippen molar-refractivity contribution in [3.8, 4) is 0 Å². The highest BCUT2D eigenvalue weighted by molar-refractivity contribution is 5.19. The SMILES string of the molecule is C/C=C\C(=C/CC)CNCc1ccccn1. The van der Waals surface area contributed by atoms with Gasteiger partial charge < -0.3 is 5.32 Å². The summed E-state index contributed by atoms with van der Waals surface area (Å²) in [6, 6.07) is 5.98. The third-order valence-corrected chi connectivity index (χ3v) is 2.21. The van der Waals surface area contributed by atoms with Gasteiger partial charge in [0.05, 0.1) is 5.69 Å². The smallest absolute Gasteiger partial charge is 0.0541 e. The van der Waals surface area contributed by atoms with Gasteiger partial charge in [0.2, 0.25) is 0 Å². The third kappa shape index (κ3) is 4.89. The predicted octanol–water partition coefficient (Wildman–Crippen LogP) is 3.08. The van der Waals surface area contributed by atoms with Gasteiger partial charge in [-0.15, -0.1) is 0 Å². The van der Waals surface area contributed by atoms with E-state index in [-0.39, 0.29) is 0 Å². The molecule has 86 valence electrons. The van der Waals surface area contributed by atoms with Gasteiger partial charge in [0.15, 0.2) is 0 Å². The van der Waals surface area contributed by atoms with Crippen LogP contribution in [-0.4, -0.2) is 11.5 Å². The number of rotatable bonds is 6. The average Bonchev–Trinajstić information content (AvgIpc) is 2.31. The van der Waals surface area contributed by atoms with Crippen molar-refractivity contribution in [2.75, 3.05) is 6.54 Å². The van der Waals surface area contributed by atoms with Crippen LogP contribution in [-0.2, 0) is 6.54 Å². The Morgan fingerprint density at radius 1 is 1.44 bits per heavy atom. The monoisotopic (exact) mass is 216 g/mol. The van der Waals surface area contributed by atoms with E-state index in [1.165, 1.54) is 5.57 Å². The fourth-order valence-corrected chi connectivity index (χ4v) is 1.51. The Labute approximate surface area is 98.1 Å². The highest BCUT2D eigenvalue weighted by Crippen LogP contribution is 1.99. The zero-order chi connectivity index (χ0) is 11.6. The summed E-state index contributed by atoms with van der Waals surface area (Å²) in [6.45, 7) is 5.92. The van der Waals surface area contributed by atoms with E-state index in [4.69, 9.17) is 0 Å². The predicted molar refractivity (Wildman–Crippen MR) is 69.1 cm³/mol. The van der Waals surface area contributed by atoms with Gasteiger partial charge in [-0.3, -0.25) is 4.98 Å². The van der Waals surface area contributed by atoms with Crippen molar-refractivity contribution in [3.05, 3.63) is 53.9 Å². The van der Waals surface area contributed by atoms with E-state index < -0.39 is 0 Å². The summed E-state index contributed by atoms with van der Waals surface area (Å²) in [5, 5.41) is 3.39. The van der Waals surface area contributed by atoms with Crippen molar-refractivity contribution in [2.45, 2.75) is 26.8 Å². The van der Waals surface area contributed by atoms with E-state index in [0.717, 1.165) is 25.2 Å². The van der Waals surface area contributed by atoms with Crippen molar-refractivity contribution in [2.24, 2.45) is 0 Å². The number of pyridine rings is 1. The highest BCUT2D eigenvalue weighted by atomic mass is 14.9. The van der Waals surface area contributed by atoms with Gasteiger partial charge in [0.25, 0.3) is 0 Å². The summed E-state index contributed by atoms with van der Waals surface area (Å²) >= 11 is 0. The molecule has 1 rings (SSSR count). The maximum Gasteiger partial charge on any atom is 0.0541 e. The molecule has 0 spiro atoms. The number of aromatic nitrogens is 1. The summed E-state index contributed by atoms with van der Waals surface area (Å²) in [5.74, 6) is 0. The average molecular weight is 216 g/mol. The van der Waals surface area contributed by atoms with E-state index in [9.17, 15) is 0 Å². The van der Waals surface area contributed by atoms with Gasteiger partial charge in [0.1, 0.15) is 0 Å². The molecule has 1 N–H and O–H groups in total. The summed E-state index contributed by atoms with van der Waals surface area (Å²) in [7, 11) is 0. The number of nitrogens with one attached hydrogen (secondary N) is 1. The lowest BCUT2D eigenvalue weighted by Gasteiger charge is -2.05. The first kappa shape index (κ1) is 12.7. The second-order valence-electron chi connectivity index (χ2n) is 3.61. The molecule has 0 bridgehead atoms. The van der Waals surface area contributed by atoms with Gasteiger partial charge in [-0.1, -0.05) is 31.2 Å². The molecule has 0 fully saturated rings. The molecular formula is C14H20N2. The van der Waals surface area contributed by atoms with Crippen LogP contribution in [0.1, 0.15) is 26.0 Å². The lowest BCUT2D eigenvalue weighted by Crippen LogP contribution is -2.16. The molecule has 16 heavy (non-hydrogen) atoms. The van der Waals surface area contributed by atoms with E-state index in [2.05, 4.69) is 35.5 Å². The molecular weight excluding hydrogens is 196 g/mol. The van der Waals surface area contributed by atoms with Crippen LogP contribution in [0.5, 0.6) is 0 Å². The minimum absolute atomic E-state index is 0.819. The maximum atomic E-state index is 4.27. The van der Waals surface area contributed by atoms with Crippen LogP contribution >= 0.6 is 0 Å². The molecule has 2 heteroatoms. The summed E-state index contributed by atoms with van der Waals surface area (Å²) in [6.07, 6.45) is 9.36. The molecule has 0 aliphatic rings. The molecule has 0 unspecified atom stereocenters. The van der Waals surface area contributed by atoms with Crippen LogP contribution in [0.15, 0.2) is 48.2 Å². The fourth-order valence-electron chi connectivity index (χ4n) is 1.51. The summed E-state index contributed by atoms with van der Waals surface area (Å²) in [4.78, 5) is 4.27. The zero-order valence-corrected chi connectivity index (χ0v) is 10.1. The number of allylic oxidation sites excluding steroid dienone is 2. The maximum absolute atomic E-state index is 4.27. The van der Waals surface area contributed by atoms with Gasteiger partial charge in [-0.2, -0.15) is 0 Å². The molecule has 0 atom stereocenters. The Bertz CT molecular complexity index is 339. The Hall–Kier alpha value is -1.41. The normalized spacial score (nSPS) is 12.2. The molecule has 1 aromatic rings. The molecule has 0 aliphatic carbocycles. The summed E-state index contributed by atoms with van der Waals surface area (Å²) < 4.78 is 0. The van der Waals surface area contributed by atoms with Gasteiger partial charge in [-0.25, -0.2) is 0 Å². The van der Waals surface area contributed by atoms with E-state index in [1.54, 1.807) is 0 Å². The standard InChI is InChI=1S/C14H20N2/c1-3-7-13(8-4-2)11-15-12-14-9-5-6-10-16-14/h3,5-10,15H,4,11-12H2,1-2H3/b7-3-,13-8+. The number of hydrogen-bond acceptors (Lipinski definition) is 2. The lowest BCUT2D eigenvalue weighted by atomic mass is 10.2. The second kappa shape index (κ2) is 7.83. The first-order valence-corrected chi connectivity index (χ1v) is 5.79. The van der Waals surface area contributed by atoms with Crippen molar-refractivity contribution in [1.82, 2.24) is 10.3 Å². The Morgan fingerprint density at radius 2 is 2.31 bits per heavy atom. The molecule has 0 radical (unpaired) electrons. The topological polar surface area (TPSA) is 24.9 Å². The number of nitrogens with zero attached hydrogens (tertiary/aromatic N) is 1. The van der Waals surface area contributed by atoms with Crippen LogP contribution in [0.25, 0.3) is 0 Å². The molecule has 1 aromatic heterocycles. The van der Waals surface area contributed by atoms with Crippen LogP contribution in [0.3, 0.4) is 0 Å². The van der Waals surface area contributed by atoms with E-state index >= 15 is 0 Å². The quantitative estimate of drug-likeness (QED) is 0.739. The molecule has 0 aromatic carbocycles. The molecule has 1 heterocycles. The van der Waals surface area contributed by atoms with Gasteiger partial charge in [-0.05, 0) is 31.1 Å². The first-order valence-electron chi connectivity index (χ1n) is 5.79. The van der Waals surface area contributed by atoms with Crippen LogP contribution in [0, 0.1) is 0 Å². The van der Waals surface area contributed by atoms with E-state index in [0.29, 0.717) is 0 Å². The van der Waals surface area contributed by atoms with Crippen molar-refractivity contribution in [3.63, 3.8) is 0 Å². The summed E-state index contributed by atoms with van der Waals surface area (Å²) in [5.41, 5.74) is 2.42. The van der Waals surface area contributed by atoms with Crippen LogP contribution in [0.2, 0.25) is 0 Å². The third-order valence-electron chi connectivity index (χ3n) is 2.21. The van der Waals surface area contributed by atoms with Gasteiger partial charge >= 0.3 is 0 Å². The largest absolute Gasteiger partial charge is 0.307 e.